The minimum absolute atomic E-state index is 0.175. The lowest BCUT2D eigenvalue weighted by Gasteiger charge is -2.06. The first kappa shape index (κ1) is 13.5. The monoisotopic (exact) mass is 297 g/mol. The summed E-state index contributed by atoms with van der Waals surface area (Å²) in [7, 11) is 0. The van der Waals surface area contributed by atoms with Crippen LogP contribution in [0.4, 0.5) is 0 Å². The van der Waals surface area contributed by atoms with Gasteiger partial charge in [0, 0.05) is 16.8 Å². The van der Waals surface area contributed by atoms with Crippen LogP contribution in [-0.2, 0) is 0 Å². The number of H-pyrrole nitrogens is 1. The highest BCUT2D eigenvalue weighted by atomic mass is 35.5. The van der Waals surface area contributed by atoms with Crippen LogP contribution in [0.3, 0.4) is 0 Å². The predicted octanol–water partition coefficient (Wildman–Crippen LogP) is 4.07. The fourth-order valence-electron chi connectivity index (χ4n) is 2.15. The number of phenolic OH excluding ortho intramolecular Hbond substituents is 1. The van der Waals surface area contributed by atoms with Crippen LogP contribution >= 0.6 is 11.6 Å². The Bertz CT molecular complexity index is 754. The molecule has 0 fully saturated rings. The van der Waals surface area contributed by atoms with Crippen molar-refractivity contribution in [2.45, 2.75) is 0 Å². The van der Waals surface area contributed by atoms with E-state index >= 15 is 0 Å². The summed E-state index contributed by atoms with van der Waals surface area (Å²) in [4.78, 5) is 14.7. The van der Waals surface area contributed by atoms with Crippen LogP contribution in [0.1, 0.15) is 0 Å². The first-order chi connectivity index (χ1) is 10.1. The summed E-state index contributed by atoms with van der Waals surface area (Å²) in [5.41, 5.74) is 3.10. The number of benzene rings is 2. The third-order valence-corrected chi connectivity index (χ3v) is 3.45. The number of rotatable bonds is 2. The molecule has 0 saturated heterocycles. The summed E-state index contributed by atoms with van der Waals surface area (Å²) in [6.07, 6.45) is 0. The Morgan fingerprint density at radius 1 is 0.810 bits per heavy atom. The smallest absolute Gasteiger partial charge is 0.249 e. The number of nitrogens with one attached hydrogen (secondary N) is 1. The number of aromatic hydroxyl groups is 1. The van der Waals surface area contributed by atoms with Crippen molar-refractivity contribution in [3.63, 3.8) is 0 Å². The summed E-state index contributed by atoms with van der Waals surface area (Å²) < 4.78 is 0. The van der Waals surface area contributed by atoms with Crippen LogP contribution in [0.25, 0.3) is 22.4 Å². The number of aromatic amines is 1. The van der Waals surface area contributed by atoms with Gasteiger partial charge >= 0.3 is 0 Å². The molecule has 0 unspecified atom stereocenters. The molecule has 1 aromatic heterocycles. The molecule has 0 bridgehead atoms. The second-order valence-electron chi connectivity index (χ2n) is 4.70. The second-order valence-corrected chi connectivity index (χ2v) is 5.14. The van der Waals surface area contributed by atoms with E-state index in [2.05, 4.69) is 4.98 Å². The average Bonchev–Trinajstić information content (AvgIpc) is 2.48. The zero-order valence-corrected chi connectivity index (χ0v) is 11.8. The molecule has 0 amide bonds. The van der Waals surface area contributed by atoms with Crippen molar-refractivity contribution in [1.82, 2.24) is 4.98 Å². The zero-order chi connectivity index (χ0) is 14.8. The fraction of sp³-hybridized carbons (Fsp3) is 0. The highest BCUT2D eigenvalue weighted by molar-refractivity contribution is 6.30. The van der Waals surface area contributed by atoms with Crippen molar-refractivity contribution in [3.8, 4) is 28.1 Å². The quantitative estimate of drug-likeness (QED) is 0.749. The molecule has 3 nitrogen and oxygen atoms in total. The Kier molecular flexibility index (Phi) is 3.50. The SMILES string of the molecule is O=c1cc(-c2ccc(O)cc2)cc(-c2ccc(Cl)cc2)[nH]1. The van der Waals surface area contributed by atoms with Crippen LogP contribution in [0.5, 0.6) is 5.75 Å². The molecule has 3 aromatic rings. The molecule has 0 radical (unpaired) electrons. The molecular formula is C17H12ClNO2. The van der Waals surface area contributed by atoms with E-state index in [1.54, 1.807) is 36.4 Å². The van der Waals surface area contributed by atoms with Gasteiger partial charge in [0.05, 0.1) is 0 Å². The van der Waals surface area contributed by atoms with Crippen molar-refractivity contribution in [1.29, 1.82) is 0 Å². The highest BCUT2D eigenvalue weighted by Crippen LogP contribution is 2.25. The van der Waals surface area contributed by atoms with Crippen LogP contribution in [-0.4, -0.2) is 10.1 Å². The Balaban J connectivity index is 2.10. The lowest BCUT2D eigenvalue weighted by molar-refractivity contribution is 0.475. The largest absolute Gasteiger partial charge is 0.508 e. The summed E-state index contributed by atoms with van der Waals surface area (Å²) in [6, 6.07) is 17.4. The number of hydrogen-bond donors (Lipinski definition) is 2. The van der Waals surface area contributed by atoms with E-state index in [9.17, 15) is 9.90 Å². The summed E-state index contributed by atoms with van der Waals surface area (Å²) >= 11 is 5.88. The molecular weight excluding hydrogens is 286 g/mol. The number of hydrogen-bond acceptors (Lipinski definition) is 2. The van der Waals surface area contributed by atoms with Gasteiger partial charge in [-0.3, -0.25) is 4.79 Å². The molecule has 0 aliphatic heterocycles. The second kappa shape index (κ2) is 5.46. The maximum atomic E-state index is 11.9. The van der Waals surface area contributed by atoms with Crippen LogP contribution in [0.15, 0.2) is 65.5 Å². The topological polar surface area (TPSA) is 53.1 Å². The van der Waals surface area contributed by atoms with Crippen molar-refractivity contribution >= 4 is 11.6 Å². The molecule has 3 rings (SSSR count). The van der Waals surface area contributed by atoms with Crippen molar-refractivity contribution in [2.75, 3.05) is 0 Å². The van der Waals surface area contributed by atoms with E-state index in [-0.39, 0.29) is 11.3 Å². The van der Waals surface area contributed by atoms with E-state index in [4.69, 9.17) is 11.6 Å². The van der Waals surface area contributed by atoms with E-state index in [1.807, 2.05) is 18.2 Å². The molecule has 1 heterocycles. The van der Waals surface area contributed by atoms with E-state index in [0.29, 0.717) is 5.02 Å². The maximum absolute atomic E-state index is 11.9. The number of pyridine rings is 1. The molecule has 0 atom stereocenters. The molecule has 2 aromatic carbocycles. The predicted molar refractivity (Wildman–Crippen MR) is 84.6 cm³/mol. The van der Waals surface area contributed by atoms with Gasteiger partial charge in [0.15, 0.2) is 0 Å². The minimum Gasteiger partial charge on any atom is -0.508 e. The Morgan fingerprint density at radius 3 is 2.10 bits per heavy atom. The van der Waals surface area contributed by atoms with Gasteiger partial charge in [-0.2, -0.15) is 0 Å². The van der Waals surface area contributed by atoms with Gasteiger partial charge < -0.3 is 10.1 Å². The molecule has 2 N–H and O–H groups in total. The van der Waals surface area contributed by atoms with Gasteiger partial charge in [0.1, 0.15) is 5.75 Å². The summed E-state index contributed by atoms with van der Waals surface area (Å²) in [6.45, 7) is 0. The zero-order valence-electron chi connectivity index (χ0n) is 11.0. The van der Waals surface area contributed by atoms with Crippen molar-refractivity contribution in [2.24, 2.45) is 0 Å². The summed E-state index contributed by atoms with van der Waals surface area (Å²) in [5, 5.41) is 9.99. The van der Waals surface area contributed by atoms with Crippen molar-refractivity contribution < 1.29 is 5.11 Å². The van der Waals surface area contributed by atoms with Crippen LogP contribution in [0, 0.1) is 0 Å². The number of phenols is 1. The van der Waals surface area contributed by atoms with Crippen LogP contribution < -0.4 is 5.56 Å². The van der Waals surface area contributed by atoms with Gasteiger partial charge in [-0.05, 0) is 47.0 Å². The molecule has 104 valence electrons. The molecule has 0 aliphatic carbocycles. The van der Waals surface area contributed by atoms with E-state index in [1.165, 1.54) is 6.07 Å². The van der Waals surface area contributed by atoms with Crippen LogP contribution in [0.2, 0.25) is 5.02 Å². The molecule has 21 heavy (non-hydrogen) atoms. The molecule has 4 heteroatoms. The lowest BCUT2D eigenvalue weighted by Crippen LogP contribution is -2.05. The van der Waals surface area contributed by atoms with E-state index in [0.717, 1.165) is 22.4 Å². The minimum atomic E-state index is -0.175. The number of halogens is 1. The Labute approximate surface area is 126 Å². The average molecular weight is 298 g/mol. The summed E-state index contributed by atoms with van der Waals surface area (Å²) in [5.74, 6) is 0.196. The number of aromatic nitrogens is 1. The third-order valence-electron chi connectivity index (χ3n) is 3.20. The van der Waals surface area contributed by atoms with Gasteiger partial charge in [-0.15, -0.1) is 0 Å². The fourth-order valence-corrected chi connectivity index (χ4v) is 2.27. The van der Waals surface area contributed by atoms with Gasteiger partial charge in [0.2, 0.25) is 5.56 Å². The Morgan fingerprint density at radius 2 is 1.43 bits per heavy atom. The highest BCUT2D eigenvalue weighted by Gasteiger charge is 2.04. The maximum Gasteiger partial charge on any atom is 0.249 e. The van der Waals surface area contributed by atoms with Gasteiger partial charge in [-0.1, -0.05) is 35.9 Å². The normalized spacial score (nSPS) is 10.5. The van der Waals surface area contributed by atoms with E-state index < -0.39 is 0 Å². The van der Waals surface area contributed by atoms with Gasteiger partial charge in [-0.25, -0.2) is 0 Å². The lowest BCUT2D eigenvalue weighted by atomic mass is 10.0. The first-order valence-electron chi connectivity index (χ1n) is 6.41. The van der Waals surface area contributed by atoms with Gasteiger partial charge in [0.25, 0.3) is 0 Å². The standard InChI is InChI=1S/C17H12ClNO2/c18-14-5-1-12(2-6-14)16-9-13(10-17(21)19-16)11-3-7-15(20)8-4-11/h1-10,20H,(H,19,21). The third kappa shape index (κ3) is 2.98. The van der Waals surface area contributed by atoms with Crippen molar-refractivity contribution in [3.05, 3.63) is 76.0 Å². The molecule has 0 aliphatic rings. The molecule has 0 spiro atoms. The first-order valence-corrected chi connectivity index (χ1v) is 6.79. The Hall–Kier alpha value is -2.52. The molecule has 0 saturated carbocycles.